The third-order valence-corrected chi connectivity index (χ3v) is 7.02. The number of anilines is 1. The highest BCUT2D eigenvalue weighted by molar-refractivity contribution is 6.05. The van der Waals surface area contributed by atoms with E-state index in [0.29, 0.717) is 12.2 Å². The summed E-state index contributed by atoms with van der Waals surface area (Å²) in [5, 5.41) is 0. The summed E-state index contributed by atoms with van der Waals surface area (Å²) < 4.78 is 5.84. The minimum atomic E-state index is 0.0294. The molecule has 7 heteroatoms. The van der Waals surface area contributed by atoms with Crippen molar-refractivity contribution in [2.45, 2.75) is 33.6 Å². The number of ether oxygens (including phenoxy) is 1. The first-order valence-electron chi connectivity index (χ1n) is 12.8. The average molecular weight is 486 g/mol. The number of unbranched alkanes of at least 4 members (excludes halogenated alkanes) is 1. The normalized spacial score (nSPS) is 14.5. The smallest absolute Gasteiger partial charge is 0.162 e. The fourth-order valence-corrected chi connectivity index (χ4v) is 4.96. The molecule has 1 saturated heterocycles. The number of ketones is 1. The number of aromatic nitrogens is 3. The number of Topliss-reactive ketones (excluding diaryl/α,β-unsaturated/α-hetero) is 1. The summed E-state index contributed by atoms with van der Waals surface area (Å²) in [6.07, 6.45) is 2.13. The van der Waals surface area contributed by atoms with Crippen LogP contribution in [0.2, 0.25) is 0 Å². The van der Waals surface area contributed by atoms with Gasteiger partial charge in [-0.05, 0) is 63.2 Å². The van der Waals surface area contributed by atoms with Gasteiger partial charge in [0.2, 0.25) is 0 Å². The lowest BCUT2D eigenvalue weighted by Crippen LogP contribution is -2.44. The third-order valence-electron chi connectivity index (χ3n) is 7.02. The first-order chi connectivity index (χ1) is 17.4. The molecule has 0 bridgehead atoms. The molecule has 1 fully saturated rings. The summed E-state index contributed by atoms with van der Waals surface area (Å²) in [7, 11) is 2.17. The molecule has 1 aliphatic rings. The Morgan fingerprint density at radius 1 is 1.06 bits per heavy atom. The number of aromatic amines is 2. The lowest BCUT2D eigenvalue weighted by molar-refractivity contribution is 0.101. The Bertz CT molecular complexity index is 1360. The van der Waals surface area contributed by atoms with E-state index in [1.54, 1.807) is 6.92 Å². The number of rotatable bonds is 8. The highest BCUT2D eigenvalue weighted by atomic mass is 16.5. The molecule has 0 unspecified atom stereocenters. The molecule has 188 valence electrons. The van der Waals surface area contributed by atoms with E-state index in [9.17, 15) is 4.79 Å². The van der Waals surface area contributed by atoms with Crippen LogP contribution in [0.25, 0.3) is 33.7 Å². The summed E-state index contributed by atoms with van der Waals surface area (Å²) in [6.45, 7) is 10.6. The molecule has 2 N–H and O–H groups in total. The highest BCUT2D eigenvalue weighted by Crippen LogP contribution is 2.37. The number of H-pyrrole nitrogens is 2. The molecule has 0 spiro atoms. The van der Waals surface area contributed by atoms with Crippen molar-refractivity contribution in [3.8, 4) is 28.4 Å². The summed E-state index contributed by atoms with van der Waals surface area (Å²) in [6, 6.07) is 14.4. The van der Waals surface area contributed by atoms with Crippen molar-refractivity contribution in [2.75, 3.05) is 44.7 Å². The number of nitrogens with zero attached hydrogens (tertiary/aromatic N) is 3. The number of imidazole rings is 1. The molecule has 2 aromatic heterocycles. The van der Waals surface area contributed by atoms with Crippen molar-refractivity contribution < 1.29 is 9.53 Å². The Balaban J connectivity index is 1.51. The fraction of sp³-hybridized carbons (Fsp3) is 0.379. The number of nitrogens with one attached hydrogen (secondary N) is 2. The standard InChI is InChI=1S/C29H35N5O2/c1-5-6-17-36-23-10-7-21(8-11-23)27-26(20(3)35)19(2)30-28(27)29-31-24-12-9-22(18-25(24)32-29)34-15-13-33(4)14-16-34/h7-12,18,30H,5-6,13-17H2,1-4H3,(H,31,32). The minimum absolute atomic E-state index is 0.0294. The van der Waals surface area contributed by atoms with Crippen LogP contribution < -0.4 is 9.64 Å². The number of carbonyl (C=O) groups excluding carboxylic acids is 1. The molecule has 3 heterocycles. The molecule has 0 radical (unpaired) electrons. The predicted molar refractivity (Wildman–Crippen MR) is 146 cm³/mol. The van der Waals surface area contributed by atoms with Gasteiger partial charge in [0.05, 0.1) is 23.3 Å². The van der Waals surface area contributed by atoms with E-state index in [0.717, 1.165) is 84.1 Å². The molecule has 0 saturated carbocycles. The summed E-state index contributed by atoms with van der Waals surface area (Å²) in [4.78, 5) is 29.3. The van der Waals surface area contributed by atoms with Crippen molar-refractivity contribution in [1.82, 2.24) is 19.9 Å². The predicted octanol–water partition coefficient (Wildman–Crippen LogP) is 5.67. The Hall–Kier alpha value is -3.58. The van der Waals surface area contributed by atoms with Gasteiger partial charge in [-0.2, -0.15) is 0 Å². The number of likely N-dealkylation sites (N-methyl/N-ethyl adjacent to an activating group) is 1. The second-order valence-corrected chi connectivity index (χ2v) is 9.73. The highest BCUT2D eigenvalue weighted by Gasteiger charge is 2.23. The molecule has 2 aromatic carbocycles. The molecule has 0 amide bonds. The van der Waals surface area contributed by atoms with Crippen molar-refractivity contribution in [3.05, 3.63) is 53.7 Å². The first-order valence-corrected chi connectivity index (χ1v) is 12.8. The monoisotopic (exact) mass is 485 g/mol. The number of aryl methyl sites for hydroxylation is 1. The van der Waals surface area contributed by atoms with Gasteiger partial charge < -0.3 is 24.5 Å². The molecule has 0 atom stereocenters. The van der Waals surface area contributed by atoms with E-state index in [-0.39, 0.29) is 5.78 Å². The molecule has 7 nitrogen and oxygen atoms in total. The second-order valence-electron chi connectivity index (χ2n) is 9.73. The quantitative estimate of drug-likeness (QED) is 0.248. The van der Waals surface area contributed by atoms with Crippen LogP contribution >= 0.6 is 0 Å². The van der Waals surface area contributed by atoms with Gasteiger partial charge >= 0.3 is 0 Å². The Labute approximate surface area is 212 Å². The zero-order valence-electron chi connectivity index (χ0n) is 21.6. The van der Waals surface area contributed by atoms with Crippen LogP contribution in [0.5, 0.6) is 5.75 Å². The van der Waals surface area contributed by atoms with Crippen LogP contribution in [-0.4, -0.2) is 65.5 Å². The van der Waals surface area contributed by atoms with Crippen LogP contribution in [0.3, 0.4) is 0 Å². The van der Waals surface area contributed by atoms with Gasteiger partial charge in [0.25, 0.3) is 0 Å². The molecular formula is C29H35N5O2. The van der Waals surface area contributed by atoms with E-state index >= 15 is 0 Å². The molecule has 4 aromatic rings. The van der Waals surface area contributed by atoms with Gasteiger partial charge in [0.1, 0.15) is 5.75 Å². The fourth-order valence-electron chi connectivity index (χ4n) is 4.96. The van der Waals surface area contributed by atoms with Gasteiger partial charge in [-0.3, -0.25) is 4.79 Å². The maximum absolute atomic E-state index is 12.7. The van der Waals surface area contributed by atoms with Gasteiger partial charge in [-0.1, -0.05) is 25.5 Å². The molecular weight excluding hydrogens is 450 g/mol. The summed E-state index contributed by atoms with van der Waals surface area (Å²) in [5.74, 6) is 1.60. The number of piperazine rings is 1. The number of fused-ring (bicyclic) bond motifs is 1. The number of hydrogen-bond donors (Lipinski definition) is 2. The number of benzene rings is 2. The first kappa shape index (κ1) is 24.1. The number of carbonyl (C=O) groups is 1. The molecule has 36 heavy (non-hydrogen) atoms. The van der Waals surface area contributed by atoms with E-state index in [4.69, 9.17) is 9.72 Å². The molecule has 0 aliphatic carbocycles. The van der Waals surface area contributed by atoms with Gasteiger partial charge in [0.15, 0.2) is 11.6 Å². The van der Waals surface area contributed by atoms with Crippen LogP contribution in [-0.2, 0) is 0 Å². The maximum Gasteiger partial charge on any atom is 0.162 e. The van der Waals surface area contributed by atoms with Gasteiger partial charge in [-0.15, -0.1) is 0 Å². The van der Waals surface area contributed by atoms with Gasteiger partial charge in [-0.25, -0.2) is 4.98 Å². The Morgan fingerprint density at radius 2 is 1.81 bits per heavy atom. The average Bonchev–Trinajstić information content (AvgIpc) is 3.45. The van der Waals surface area contributed by atoms with Crippen molar-refractivity contribution >= 4 is 22.5 Å². The van der Waals surface area contributed by atoms with Crippen molar-refractivity contribution in [2.24, 2.45) is 0 Å². The lowest BCUT2D eigenvalue weighted by atomic mass is 9.97. The Morgan fingerprint density at radius 3 is 2.50 bits per heavy atom. The zero-order chi connectivity index (χ0) is 25.2. The summed E-state index contributed by atoms with van der Waals surface area (Å²) >= 11 is 0. The molecule has 5 rings (SSSR count). The van der Waals surface area contributed by atoms with E-state index in [2.05, 4.69) is 51.9 Å². The molecule has 1 aliphatic heterocycles. The van der Waals surface area contributed by atoms with E-state index < -0.39 is 0 Å². The topological polar surface area (TPSA) is 77.2 Å². The van der Waals surface area contributed by atoms with E-state index in [1.165, 1.54) is 5.69 Å². The van der Waals surface area contributed by atoms with Gasteiger partial charge in [0, 0.05) is 48.7 Å². The zero-order valence-corrected chi connectivity index (χ0v) is 21.6. The van der Waals surface area contributed by atoms with Crippen molar-refractivity contribution in [3.63, 3.8) is 0 Å². The van der Waals surface area contributed by atoms with E-state index in [1.807, 2.05) is 31.2 Å². The van der Waals surface area contributed by atoms with Crippen LogP contribution in [0.15, 0.2) is 42.5 Å². The van der Waals surface area contributed by atoms with Crippen LogP contribution in [0.1, 0.15) is 42.7 Å². The Kier molecular flexibility index (Phi) is 6.83. The lowest BCUT2D eigenvalue weighted by Gasteiger charge is -2.34. The minimum Gasteiger partial charge on any atom is -0.494 e. The SMILES string of the molecule is CCCCOc1ccc(-c2c(-c3nc4ccc(N5CCN(C)CC5)cc4[nH]3)[nH]c(C)c2C(C)=O)cc1. The second kappa shape index (κ2) is 10.2. The van der Waals surface area contributed by atoms with Crippen LogP contribution in [0, 0.1) is 6.92 Å². The number of hydrogen-bond acceptors (Lipinski definition) is 5. The summed E-state index contributed by atoms with van der Waals surface area (Å²) in [5.41, 5.74) is 7.30. The third kappa shape index (κ3) is 4.75. The van der Waals surface area contributed by atoms with Crippen LogP contribution in [0.4, 0.5) is 5.69 Å². The largest absolute Gasteiger partial charge is 0.494 e. The maximum atomic E-state index is 12.7. The van der Waals surface area contributed by atoms with Crippen molar-refractivity contribution in [1.29, 1.82) is 0 Å².